The number of amides is 2. The highest BCUT2D eigenvalue weighted by Gasteiger charge is 2.34. The lowest BCUT2D eigenvalue weighted by molar-refractivity contribution is -0.127. The minimum atomic E-state index is -1.24. The third-order valence-corrected chi connectivity index (χ3v) is 4.94. The lowest BCUT2D eigenvalue weighted by atomic mass is 10.0. The van der Waals surface area contributed by atoms with E-state index in [0.29, 0.717) is 18.1 Å². The van der Waals surface area contributed by atoms with Gasteiger partial charge in [-0.2, -0.15) is 0 Å². The maximum Gasteiger partial charge on any atom is 0.408 e. The van der Waals surface area contributed by atoms with Crippen molar-refractivity contribution in [3.05, 3.63) is 59.9 Å². The number of hydrogen-bond donors (Lipinski definition) is 4. The zero-order valence-electron chi connectivity index (χ0n) is 20.3. The highest BCUT2D eigenvalue weighted by atomic mass is 16.6. The number of H-pyrrole nitrogens is 1. The largest absolute Gasteiger partial charge is 0.444 e. The molecule has 0 saturated heterocycles. The quantitative estimate of drug-likeness (QED) is 0.373. The molecule has 0 bridgehead atoms. The number of nitrogens with zero attached hydrogens (tertiary/aromatic N) is 1. The van der Waals surface area contributed by atoms with Crippen molar-refractivity contribution in [3.8, 4) is 0 Å². The van der Waals surface area contributed by atoms with E-state index >= 15 is 0 Å². The Balaban J connectivity index is 1.76. The molecule has 182 valence electrons. The summed E-state index contributed by atoms with van der Waals surface area (Å²) in [5.74, 6) is 0.113. The van der Waals surface area contributed by atoms with Crippen LogP contribution in [0, 0.1) is 0 Å². The van der Waals surface area contributed by atoms with Gasteiger partial charge in [-0.15, -0.1) is 0 Å². The first-order valence-corrected chi connectivity index (χ1v) is 11.1. The SMILES string of the molecule is CC(C)(C)OC(=O)NC(C)(C)C(=O)N[C@H](COCc1ccccc1)c1nc2ccc(N)cc2[nH]1. The zero-order chi connectivity index (χ0) is 24.9. The van der Waals surface area contributed by atoms with Crippen LogP contribution in [0.15, 0.2) is 48.5 Å². The van der Waals surface area contributed by atoms with E-state index in [-0.39, 0.29) is 6.61 Å². The first kappa shape index (κ1) is 25.0. The first-order chi connectivity index (χ1) is 15.9. The lowest BCUT2D eigenvalue weighted by Gasteiger charge is -2.29. The van der Waals surface area contributed by atoms with Crippen LogP contribution in [-0.2, 0) is 20.9 Å². The van der Waals surface area contributed by atoms with E-state index in [0.717, 1.165) is 16.6 Å². The molecule has 1 atom stereocenters. The standard InChI is InChI=1S/C25H33N5O4/c1-24(2,3)34-23(32)30-25(4,5)22(31)29-20(15-33-14-16-9-7-6-8-10-16)21-27-18-12-11-17(26)13-19(18)28-21/h6-13,20H,14-15,26H2,1-5H3,(H,27,28)(H,29,31)(H,30,32)/t20-/m1/s1. The Labute approximate surface area is 199 Å². The molecule has 0 spiro atoms. The Morgan fingerprint density at radius 2 is 1.79 bits per heavy atom. The van der Waals surface area contributed by atoms with Crippen molar-refractivity contribution in [2.45, 2.75) is 58.4 Å². The minimum Gasteiger partial charge on any atom is -0.444 e. The lowest BCUT2D eigenvalue weighted by Crippen LogP contribution is -2.56. The van der Waals surface area contributed by atoms with E-state index < -0.39 is 29.2 Å². The van der Waals surface area contributed by atoms with Crippen molar-refractivity contribution in [3.63, 3.8) is 0 Å². The minimum absolute atomic E-state index is 0.165. The Morgan fingerprint density at radius 3 is 2.47 bits per heavy atom. The first-order valence-electron chi connectivity index (χ1n) is 11.1. The van der Waals surface area contributed by atoms with Gasteiger partial charge in [0.1, 0.15) is 23.0 Å². The van der Waals surface area contributed by atoms with Gasteiger partial charge in [-0.25, -0.2) is 9.78 Å². The smallest absolute Gasteiger partial charge is 0.408 e. The molecular formula is C25H33N5O4. The summed E-state index contributed by atoms with van der Waals surface area (Å²) in [6.07, 6.45) is -0.677. The number of nitrogens with one attached hydrogen (secondary N) is 3. The van der Waals surface area contributed by atoms with Crippen LogP contribution in [0.5, 0.6) is 0 Å². The van der Waals surface area contributed by atoms with Crippen LogP contribution in [-0.4, -0.2) is 39.7 Å². The number of aromatic amines is 1. The Bertz CT molecular complexity index is 1140. The molecule has 3 aromatic rings. The van der Waals surface area contributed by atoms with Crippen molar-refractivity contribution in [2.75, 3.05) is 12.3 Å². The molecule has 2 amide bonds. The molecule has 34 heavy (non-hydrogen) atoms. The van der Waals surface area contributed by atoms with E-state index in [1.54, 1.807) is 46.8 Å². The number of fused-ring (bicyclic) bond motifs is 1. The average molecular weight is 468 g/mol. The van der Waals surface area contributed by atoms with E-state index in [9.17, 15) is 9.59 Å². The molecule has 2 aromatic carbocycles. The van der Waals surface area contributed by atoms with Crippen LogP contribution in [0.4, 0.5) is 10.5 Å². The molecule has 0 aliphatic rings. The normalized spacial score (nSPS) is 12.9. The molecule has 0 aliphatic carbocycles. The second-order valence-electron chi connectivity index (χ2n) is 9.68. The molecule has 5 N–H and O–H groups in total. The van der Waals surface area contributed by atoms with E-state index in [2.05, 4.69) is 20.6 Å². The van der Waals surface area contributed by atoms with Gasteiger partial charge in [0.15, 0.2) is 0 Å². The van der Waals surface area contributed by atoms with Crippen LogP contribution in [0.1, 0.15) is 52.0 Å². The van der Waals surface area contributed by atoms with Crippen LogP contribution in [0.25, 0.3) is 11.0 Å². The van der Waals surface area contributed by atoms with Gasteiger partial charge in [0.25, 0.3) is 0 Å². The topological polar surface area (TPSA) is 131 Å². The van der Waals surface area contributed by atoms with Crippen LogP contribution in [0.3, 0.4) is 0 Å². The molecule has 3 rings (SSSR count). The van der Waals surface area contributed by atoms with Crippen molar-refractivity contribution in [2.24, 2.45) is 0 Å². The maximum absolute atomic E-state index is 13.2. The molecule has 0 aliphatic heterocycles. The number of hydrogen-bond acceptors (Lipinski definition) is 6. The van der Waals surface area contributed by atoms with Gasteiger partial charge in [0, 0.05) is 5.69 Å². The number of alkyl carbamates (subject to hydrolysis) is 1. The van der Waals surface area contributed by atoms with E-state index in [4.69, 9.17) is 15.2 Å². The fourth-order valence-corrected chi connectivity index (χ4v) is 3.22. The summed E-state index contributed by atoms with van der Waals surface area (Å²) in [5.41, 5.74) is 7.06. The Kier molecular flexibility index (Phi) is 7.46. The number of carbonyl (C=O) groups is 2. The molecule has 1 aromatic heterocycles. The van der Waals surface area contributed by atoms with Crippen molar-refractivity contribution < 1.29 is 19.1 Å². The monoisotopic (exact) mass is 467 g/mol. The van der Waals surface area contributed by atoms with Crippen molar-refractivity contribution >= 4 is 28.7 Å². The number of ether oxygens (including phenoxy) is 2. The molecule has 0 fully saturated rings. The highest BCUT2D eigenvalue weighted by molar-refractivity contribution is 5.89. The zero-order valence-corrected chi connectivity index (χ0v) is 20.3. The predicted molar refractivity (Wildman–Crippen MR) is 131 cm³/mol. The predicted octanol–water partition coefficient (Wildman–Crippen LogP) is 3.82. The molecule has 1 heterocycles. The third kappa shape index (κ3) is 6.95. The number of benzene rings is 2. The summed E-state index contributed by atoms with van der Waals surface area (Å²) >= 11 is 0. The van der Waals surface area contributed by atoms with Crippen LogP contribution < -0.4 is 16.4 Å². The third-order valence-electron chi connectivity index (χ3n) is 4.94. The van der Waals surface area contributed by atoms with Gasteiger partial charge >= 0.3 is 6.09 Å². The number of carbonyl (C=O) groups excluding carboxylic acids is 2. The summed E-state index contributed by atoms with van der Waals surface area (Å²) in [4.78, 5) is 33.2. The van der Waals surface area contributed by atoms with Crippen molar-refractivity contribution in [1.29, 1.82) is 0 Å². The van der Waals surface area contributed by atoms with Gasteiger partial charge in [-0.3, -0.25) is 4.79 Å². The van der Waals surface area contributed by atoms with Gasteiger partial charge in [0.05, 0.1) is 24.2 Å². The molecule has 0 unspecified atom stereocenters. The summed E-state index contributed by atoms with van der Waals surface area (Å²) in [5, 5.41) is 5.57. The highest BCUT2D eigenvalue weighted by Crippen LogP contribution is 2.20. The summed E-state index contributed by atoms with van der Waals surface area (Å²) in [7, 11) is 0. The van der Waals surface area contributed by atoms with Gasteiger partial charge in [-0.05, 0) is 58.4 Å². The second-order valence-corrected chi connectivity index (χ2v) is 9.68. The number of imidazole rings is 1. The number of anilines is 1. The second kappa shape index (κ2) is 10.1. The fraction of sp³-hybridized carbons (Fsp3) is 0.400. The number of aromatic nitrogens is 2. The van der Waals surface area contributed by atoms with Crippen molar-refractivity contribution in [1.82, 2.24) is 20.6 Å². The number of rotatable bonds is 8. The molecule has 0 radical (unpaired) electrons. The van der Waals surface area contributed by atoms with Crippen LogP contribution >= 0.6 is 0 Å². The molecular weight excluding hydrogens is 434 g/mol. The van der Waals surface area contributed by atoms with Crippen LogP contribution in [0.2, 0.25) is 0 Å². The Morgan fingerprint density at radius 1 is 1.09 bits per heavy atom. The van der Waals surface area contributed by atoms with Gasteiger partial charge in [0.2, 0.25) is 5.91 Å². The molecule has 9 heteroatoms. The summed E-state index contributed by atoms with van der Waals surface area (Å²) in [6.45, 7) is 9.02. The van der Waals surface area contributed by atoms with E-state index in [1.807, 2.05) is 36.4 Å². The molecule has 9 nitrogen and oxygen atoms in total. The Hall–Kier alpha value is -3.59. The summed E-state index contributed by atoms with van der Waals surface area (Å²) in [6, 6.07) is 14.5. The van der Waals surface area contributed by atoms with Gasteiger partial charge < -0.3 is 30.8 Å². The average Bonchev–Trinajstić information content (AvgIpc) is 3.15. The van der Waals surface area contributed by atoms with E-state index in [1.165, 1.54) is 0 Å². The number of nitrogen functional groups attached to an aromatic ring is 1. The fourth-order valence-electron chi connectivity index (χ4n) is 3.22. The maximum atomic E-state index is 13.2. The van der Waals surface area contributed by atoms with Gasteiger partial charge in [-0.1, -0.05) is 30.3 Å². The number of nitrogens with two attached hydrogens (primary N) is 1. The summed E-state index contributed by atoms with van der Waals surface area (Å²) < 4.78 is 11.2. The molecule has 0 saturated carbocycles.